The quantitative estimate of drug-likeness (QED) is 0.805. The van der Waals surface area contributed by atoms with Crippen molar-refractivity contribution in [2.75, 3.05) is 13.2 Å². The van der Waals surface area contributed by atoms with Crippen LogP contribution in [0.25, 0.3) is 0 Å². The fourth-order valence-corrected chi connectivity index (χ4v) is 4.07. The monoisotopic (exact) mass is 312 g/mol. The molecule has 0 spiro atoms. The molecule has 5 nitrogen and oxygen atoms in total. The lowest BCUT2D eigenvalue weighted by Crippen LogP contribution is -2.37. The molecule has 1 aliphatic rings. The largest absolute Gasteiger partial charge is 0.492 e. The number of rotatable bonds is 7. The van der Waals surface area contributed by atoms with Crippen molar-refractivity contribution in [3.8, 4) is 5.75 Å². The molecule has 6 heteroatoms. The molecule has 1 aliphatic carbocycles. The highest BCUT2D eigenvalue weighted by Gasteiger charge is 2.26. The maximum atomic E-state index is 12.4. The van der Waals surface area contributed by atoms with Crippen LogP contribution in [0, 0.1) is 5.92 Å². The zero-order chi connectivity index (χ0) is 15.3. The van der Waals surface area contributed by atoms with E-state index in [1.54, 1.807) is 24.3 Å². The summed E-state index contributed by atoms with van der Waals surface area (Å²) in [5, 5.41) is 0. The molecule has 118 valence electrons. The Morgan fingerprint density at radius 3 is 2.48 bits per heavy atom. The van der Waals surface area contributed by atoms with E-state index in [-0.39, 0.29) is 10.9 Å². The SMILES string of the molecule is CC(NS(=O)(=O)c1ccc(OCCN)cc1)C1CCCC1. The second-order valence-electron chi connectivity index (χ2n) is 5.56. The van der Waals surface area contributed by atoms with Crippen LogP contribution in [0.5, 0.6) is 5.75 Å². The fraction of sp³-hybridized carbons (Fsp3) is 0.600. The van der Waals surface area contributed by atoms with Gasteiger partial charge in [0.1, 0.15) is 12.4 Å². The Morgan fingerprint density at radius 2 is 1.90 bits per heavy atom. The van der Waals surface area contributed by atoms with Gasteiger partial charge in [0.25, 0.3) is 0 Å². The molecule has 21 heavy (non-hydrogen) atoms. The molecule has 3 N–H and O–H groups in total. The van der Waals surface area contributed by atoms with E-state index >= 15 is 0 Å². The first-order valence-corrected chi connectivity index (χ1v) is 8.96. The van der Waals surface area contributed by atoms with Crippen molar-refractivity contribution in [2.24, 2.45) is 11.7 Å². The van der Waals surface area contributed by atoms with Gasteiger partial charge in [0.2, 0.25) is 10.0 Å². The van der Waals surface area contributed by atoms with Crippen LogP contribution in [-0.4, -0.2) is 27.6 Å². The molecular weight excluding hydrogens is 288 g/mol. The predicted octanol–water partition coefficient (Wildman–Crippen LogP) is 1.88. The summed E-state index contributed by atoms with van der Waals surface area (Å²) in [5.74, 6) is 1.08. The first-order valence-electron chi connectivity index (χ1n) is 7.48. The van der Waals surface area contributed by atoms with Crippen molar-refractivity contribution >= 4 is 10.0 Å². The molecule has 1 atom stereocenters. The molecule has 1 fully saturated rings. The molecule has 0 radical (unpaired) electrons. The van der Waals surface area contributed by atoms with E-state index < -0.39 is 10.0 Å². The van der Waals surface area contributed by atoms with Gasteiger partial charge in [-0.2, -0.15) is 0 Å². The molecular formula is C15H24N2O3S. The molecule has 1 aromatic rings. The average molecular weight is 312 g/mol. The Bertz CT molecular complexity index is 537. The fourth-order valence-electron chi connectivity index (χ4n) is 2.76. The summed E-state index contributed by atoms with van der Waals surface area (Å²) in [5.41, 5.74) is 5.36. The minimum absolute atomic E-state index is 0.0225. The van der Waals surface area contributed by atoms with Gasteiger partial charge >= 0.3 is 0 Å². The topological polar surface area (TPSA) is 81.4 Å². The van der Waals surface area contributed by atoms with Crippen LogP contribution >= 0.6 is 0 Å². The number of nitrogens with one attached hydrogen (secondary N) is 1. The van der Waals surface area contributed by atoms with Gasteiger partial charge in [-0.05, 0) is 49.9 Å². The van der Waals surface area contributed by atoms with E-state index in [1.165, 1.54) is 12.8 Å². The van der Waals surface area contributed by atoms with Crippen molar-refractivity contribution < 1.29 is 13.2 Å². The van der Waals surface area contributed by atoms with Gasteiger partial charge in [-0.3, -0.25) is 0 Å². The van der Waals surface area contributed by atoms with Crippen LogP contribution in [0.4, 0.5) is 0 Å². The van der Waals surface area contributed by atoms with Crippen molar-refractivity contribution in [2.45, 2.75) is 43.5 Å². The van der Waals surface area contributed by atoms with Gasteiger partial charge in [-0.1, -0.05) is 12.8 Å². The highest BCUT2D eigenvalue weighted by Crippen LogP contribution is 2.28. The number of hydrogen-bond donors (Lipinski definition) is 2. The lowest BCUT2D eigenvalue weighted by Gasteiger charge is -2.20. The third-order valence-electron chi connectivity index (χ3n) is 3.97. The van der Waals surface area contributed by atoms with Gasteiger partial charge in [0.05, 0.1) is 4.90 Å². The lowest BCUT2D eigenvalue weighted by atomic mass is 10.0. The van der Waals surface area contributed by atoms with Crippen LogP contribution in [-0.2, 0) is 10.0 Å². The smallest absolute Gasteiger partial charge is 0.240 e. The maximum Gasteiger partial charge on any atom is 0.240 e. The second kappa shape index (κ2) is 7.24. The number of benzene rings is 1. The van der Waals surface area contributed by atoms with E-state index in [0.29, 0.717) is 24.8 Å². The Hall–Kier alpha value is -1.11. The van der Waals surface area contributed by atoms with Crippen LogP contribution in [0.3, 0.4) is 0 Å². The minimum Gasteiger partial charge on any atom is -0.492 e. The number of sulfonamides is 1. The van der Waals surface area contributed by atoms with Gasteiger partial charge in [-0.25, -0.2) is 13.1 Å². The number of hydrogen-bond acceptors (Lipinski definition) is 4. The third-order valence-corrected chi connectivity index (χ3v) is 5.54. The third kappa shape index (κ3) is 4.43. The van der Waals surface area contributed by atoms with Crippen LogP contribution in [0.2, 0.25) is 0 Å². The molecule has 0 amide bonds. The Kier molecular flexibility index (Phi) is 5.61. The Morgan fingerprint density at radius 1 is 1.29 bits per heavy atom. The molecule has 0 aromatic heterocycles. The summed E-state index contributed by atoms with van der Waals surface area (Å²) in [6, 6.07) is 6.42. The maximum absolute atomic E-state index is 12.4. The summed E-state index contributed by atoms with van der Waals surface area (Å²) in [4.78, 5) is 0.271. The highest BCUT2D eigenvalue weighted by molar-refractivity contribution is 7.89. The molecule has 0 aliphatic heterocycles. The van der Waals surface area contributed by atoms with Crippen LogP contribution in [0.15, 0.2) is 29.2 Å². The van der Waals surface area contributed by atoms with Gasteiger partial charge < -0.3 is 10.5 Å². The van der Waals surface area contributed by atoms with E-state index in [1.807, 2.05) is 6.92 Å². The highest BCUT2D eigenvalue weighted by atomic mass is 32.2. The van der Waals surface area contributed by atoms with Crippen molar-refractivity contribution in [3.63, 3.8) is 0 Å². The van der Waals surface area contributed by atoms with Crippen molar-refractivity contribution in [1.29, 1.82) is 0 Å². The Balaban J connectivity index is 2.01. The first kappa shape index (κ1) is 16.3. The standard InChI is InChI=1S/C15H24N2O3S/c1-12(13-4-2-3-5-13)17-21(18,19)15-8-6-14(7-9-15)20-11-10-16/h6-9,12-13,17H,2-5,10-11,16H2,1H3. The van der Waals surface area contributed by atoms with Crippen LogP contribution < -0.4 is 15.2 Å². The predicted molar refractivity (Wildman–Crippen MR) is 82.7 cm³/mol. The zero-order valence-corrected chi connectivity index (χ0v) is 13.2. The van der Waals surface area contributed by atoms with Gasteiger partial charge in [0, 0.05) is 12.6 Å². The minimum atomic E-state index is -3.46. The summed E-state index contributed by atoms with van der Waals surface area (Å²) >= 11 is 0. The van der Waals surface area contributed by atoms with E-state index in [2.05, 4.69) is 4.72 Å². The number of nitrogens with two attached hydrogens (primary N) is 1. The molecule has 0 heterocycles. The second-order valence-corrected chi connectivity index (χ2v) is 7.28. The van der Waals surface area contributed by atoms with E-state index in [9.17, 15) is 8.42 Å². The van der Waals surface area contributed by atoms with Crippen molar-refractivity contribution in [1.82, 2.24) is 4.72 Å². The molecule has 2 rings (SSSR count). The van der Waals surface area contributed by atoms with Gasteiger partial charge in [0.15, 0.2) is 0 Å². The normalized spacial score (nSPS) is 17.8. The molecule has 1 aromatic carbocycles. The van der Waals surface area contributed by atoms with Crippen molar-refractivity contribution in [3.05, 3.63) is 24.3 Å². The molecule has 0 saturated heterocycles. The van der Waals surface area contributed by atoms with E-state index in [0.717, 1.165) is 12.8 Å². The summed E-state index contributed by atoms with van der Waals surface area (Å²) in [6.07, 6.45) is 4.61. The van der Waals surface area contributed by atoms with E-state index in [4.69, 9.17) is 10.5 Å². The molecule has 0 bridgehead atoms. The lowest BCUT2D eigenvalue weighted by molar-refractivity contribution is 0.328. The summed E-state index contributed by atoms with van der Waals surface area (Å²) < 4.78 is 32.8. The molecule has 1 unspecified atom stereocenters. The molecule has 1 saturated carbocycles. The summed E-state index contributed by atoms with van der Waals surface area (Å²) in [7, 11) is -3.46. The average Bonchev–Trinajstić information content (AvgIpc) is 2.99. The summed E-state index contributed by atoms with van der Waals surface area (Å²) in [6.45, 7) is 2.80. The Labute approximate surface area is 126 Å². The number of ether oxygens (including phenoxy) is 1. The first-order chi connectivity index (χ1) is 10.0. The van der Waals surface area contributed by atoms with Gasteiger partial charge in [-0.15, -0.1) is 0 Å². The zero-order valence-electron chi connectivity index (χ0n) is 12.4. The van der Waals surface area contributed by atoms with Crippen LogP contribution in [0.1, 0.15) is 32.6 Å².